The lowest BCUT2D eigenvalue weighted by molar-refractivity contribution is -0.116. The average molecular weight is 440 g/mol. The van der Waals surface area contributed by atoms with Crippen LogP contribution in [0.3, 0.4) is 0 Å². The van der Waals surface area contributed by atoms with Crippen LogP contribution in [0.2, 0.25) is 6.04 Å². The van der Waals surface area contributed by atoms with Crippen molar-refractivity contribution >= 4 is 19.9 Å². The van der Waals surface area contributed by atoms with E-state index in [1.165, 1.54) is 35.6 Å². The molecule has 164 valence electrons. The van der Waals surface area contributed by atoms with Gasteiger partial charge in [-0.25, -0.2) is 0 Å². The topological polar surface area (TPSA) is 29.1 Å². The first-order chi connectivity index (χ1) is 15.7. The van der Waals surface area contributed by atoms with Crippen molar-refractivity contribution < 1.29 is 4.79 Å². The van der Waals surface area contributed by atoms with Gasteiger partial charge in [-0.15, -0.1) is 5.54 Å². The summed E-state index contributed by atoms with van der Waals surface area (Å²) in [6.45, 7) is 4.30. The fourth-order valence-electron chi connectivity index (χ4n) is 3.85. The Morgan fingerprint density at radius 2 is 1.56 bits per heavy atom. The predicted molar refractivity (Wildman–Crippen MR) is 138 cm³/mol. The second kappa shape index (κ2) is 12.7. The highest BCUT2D eigenvalue weighted by atomic mass is 28.3. The fraction of sp³-hybridized carbons (Fsp3) is 0.276. The van der Waals surface area contributed by atoms with Crippen LogP contribution >= 0.6 is 0 Å². The number of nitrogens with one attached hydrogen (secondary N) is 1. The molecule has 0 aliphatic heterocycles. The molecule has 2 nitrogen and oxygen atoms in total. The summed E-state index contributed by atoms with van der Waals surface area (Å²) >= 11 is 0. The van der Waals surface area contributed by atoms with E-state index in [1.54, 1.807) is 0 Å². The molecule has 1 amide bonds. The van der Waals surface area contributed by atoms with Crippen molar-refractivity contribution in [2.45, 2.75) is 51.6 Å². The molecule has 0 saturated heterocycles. The van der Waals surface area contributed by atoms with E-state index in [0.29, 0.717) is 0 Å². The van der Waals surface area contributed by atoms with Crippen LogP contribution in [0.4, 0.5) is 0 Å². The third-order valence-corrected chi connectivity index (χ3v) is 8.39. The number of amides is 1. The summed E-state index contributed by atoms with van der Waals surface area (Å²) in [5.74, 6) is 2.78. The molecule has 1 N–H and O–H groups in total. The Morgan fingerprint density at radius 3 is 2.22 bits per heavy atom. The minimum absolute atomic E-state index is 0.0994. The molecular weight excluding hydrogens is 406 g/mol. The highest BCUT2D eigenvalue weighted by Crippen LogP contribution is 2.19. The van der Waals surface area contributed by atoms with Gasteiger partial charge in [0.05, 0.1) is 6.04 Å². The molecule has 3 aromatic carbocycles. The zero-order chi connectivity index (χ0) is 22.6. The Bertz CT molecular complexity index is 1020. The smallest absolute Gasteiger partial charge is 0.295 e. The van der Waals surface area contributed by atoms with E-state index >= 15 is 0 Å². The van der Waals surface area contributed by atoms with Gasteiger partial charge >= 0.3 is 0 Å². The van der Waals surface area contributed by atoms with Gasteiger partial charge in [-0.05, 0) is 41.6 Å². The van der Waals surface area contributed by atoms with Crippen LogP contribution in [0.1, 0.15) is 48.9 Å². The van der Waals surface area contributed by atoms with Gasteiger partial charge in [-0.2, -0.15) is 0 Å². The quantitative estimate of drug-likeness (QED) is 0.275. The predicted octanol–water partition coefficient (Wildman–Crippen LogP) is 5.26. The number of aryl methyl sites for hydroxylation is 1. The molecule has 3 rings (SSSR count). The van der Waals surface area contributed by atoms with E-state index in [-0.39, 0.29) is 11.9 Å². The number of carbonyl (C=O) groups is 1. The SMILES string of the molecule is CCCCC[SiH](C#CC(=O)NC(Cc1ccc(C)cc1)c1ccccc1)c1ccccc1. The Kier molecular flexibility index (Phi) is 9.34. The Hall–Kier alpha value is -3.09. The van der Waals surface area contributed by atoms with Crippen LogP contribution in [0.5, 0.6) is 0 Å². The van der Waals surface area contributed by atoms with Crippen LogP contribution < -0.4 is 10.5 Å². The van der Waals surface area contributed by atoms with E-state index in [2.05, 4.69) is 91.3 Å². The summed E-state index contributed by atoms with van der Waals surface area (Å²) in [5.41, 5.74) is 6.94. The highest BCUT2D eigenvalue weighted by Gasteiger charge is 2.15. The van der Waals surface area contributed by atoms with Crippen LogP contribution in [0.25, 0.3) is 0 Å². The third kappa shape index (κ3) is 7.55. The number of rotatable bonds is 9. The summed E-state index contributed by atoms with van der Waals surface area (Å²) in [6.07, 6.45) is 4.34. The fourth-order valence-corrected chi connectivity index (χ4v) is 6.18. The van der Waals surface area contributed by atoms with Crippen LogP contribution in [0.15, 0.2) is 84.9 Å². The maximum Gasteiger partial charge on any atom is 0.295 e. The summed E-state index contributed by atoms with van der Waals surface area (Å²) in [6, 6.07) is 30.2. The molecule has 0 aromatic heterocycles. The number of unbranched alkanes of at least 4 members (excludes halogenated alkanes) is 2. The van der Waals surface area contributed by atoms with Gasteiger partial charge < -0.3 is 5.32 Å². The molecule has 2 unspecified atom stereocenters. The lowest BCUT2D eigenvalue weighted by Gasteiger charge is -2.18. The normalized spacial score (nSPS) is 12.3. The number of carbonyl (C=O) groups excluding carboxylic acids is 1. The Balaban J connectivity index is 1.75. The largest absolute Gasteiger partial charge is 0.338 e. The molecule has 0 spiro atoms. The first kappa shape index (κ1) is 23.6. The van der Waals surface area contributed by atoms with Crippen LogP contribution in [-0.2, 0) is 11.2 Å². The molecule has 0 heterocycles. The van der Waals surface area contributed by atoms with Crippen molar-refractivity contribution in [2.24, 2.45) is 0 Å². The minimum atomic E-state index is -1.49. The van der Waals surface area contributed by atoms with E-state index in [9.17, 15) is 4.79 Å². The molecule has 0 saturated carbocycles. The van der Waals surface area contributed by atoms with Gasteiger partial charge in [0.15, 0.2) is 8.80 Å². The Labute approximate surface area is 194 Å². The van der Waals surface area contributed by atoms with E-state index in [0.717, 1.165) is 18.0 Å². The van der Waals surface area contributed by atoms with Crippen LogP contribution in [-0.4, -0.2) is 14.7 Å². The standard InChI is InChI=1S/C29H33NOSi/c1-3-4-11-21-32(27-14-9-6-10-15-27)22-20-29(31)30-28(26-12-7-5-8-13-26)23-25-18-16-24(2)17-19-25/h5-10,12-19,28,32H,3-4,11,21,23H2,1-2H3,(H,30,31). The number of hydrogen-bond donors (Lipinski definition) is 1. The molecule has 0 aliphatic rings. The number of hydrogen-bond acceptors (Lipinski definition) is 1. The zero-order valence-corrected chi connectivity index (χ0v) is 20.3. The summed E-state index contributed by atoms with van der Waals surface area (Å²) in [7, 11) is -1.49. The van der Waals surface area contributed by atoms with Crippen molar-refractivity contribution in [1.82, 2.24) is 5.32 Å². The average Bonchev–Trinajstić information content (AvgIpc) is 2.83. The third-order valence-electron chi connectivity index (χ3n) is 5.73. The molecule has 0 bridgehead atoms. The maximum atomic E-state index is 12.9. The van der Waals surface area contributed by atoms with Crippen LogP contribution in [0, 0.1) is 18.4 Å². The molecule has 0 radical (unpaired) electrons. The molecular formula is C29H33NOSi. The van der Waals surface area contributed by atoms with E-state index < -0.39 is 8.80 Å². The summed E-state index contributed by atoms with van der Waals surface area (Å²) < 4.78 is 0. The minimum Gasteiger partial charge on any atom is -0.338 e. The Morgan fingerprint density at radius 1 is 0.906 bits per heavy atom. The van der Waals surface area contributed by atoms with Gasteiger partial charge in [0.1, 0.15) is 0 Å². The van der Waals surface area contributed by atoms with Gasteiger partial charge in [0, 0.05) is 0 Å². The lowest BCUT2D eigenvalue weighted by atomic mass is 9.98. The van der Waals surface area contributed by atoms with Crippen molar-refractivity contribution in [2.75, 3.05) is 0 Å². The van der Waals surface area contributed by atoms with Crippen molar-refractivity contribution in [3.05, 3.63) is 102 Å². The van der Waals surface area contributed by atoms with E-state index in [4.69, 9.17) is 0 Å². The molecule has 2 atom stereocenters. The first-order valence-corrected chi connectivity index (χ1v) is 13.6. The van der Waals surface area contributed by atoms with Gasteiger partial charge in [-0.3, -0.25) is 4.79 Å². The second-order valence-corrected chi connectivity index (χ2v) is 11.0. The summed E-state index contributed by atoms with van der Waals surface area (Å²) in [4.78, 5) is 12.9. The molecule has 3 heteroatoms. The summed E-state index contributed by atoms with van der Waals surface area (Å²) in [5, 5.41) is 4.50. The second-order valence-electron chi connectivity index (χ2n) is 8.35. The molecule has 0 aliphatic carbocycles. The monoisotopic (exact) mass is 439 g/mol. The lowest BCUT2D eigenvalue weighted by Crippen LogP contribution is -2.31. The van der Waals surface area contributed by atoms with Crippen molar-refractivity contribution in [1.29, 1.82) is 0 Å². The van der Waals surface area contributed by atoms with Gasteiger partial charge in [0.2, 0.25) is 0 Å². The molecule has 3 aromatic rings. The first-order valence-electron chi connectivity index (χ1n) is 11.6. The van der Waals surface area contributed by atoms with Crippen molar-refractivity contribution in [3.8, 4) is 11.5 Å². The molecule has 32 heavy (non-hydrogen) atoms. The van der Waals surface area contributed by atoms with Gasteiger partial charge in [0.25, 0.3) is 5.91 Å². The molecule has 0 fully saturated rings. The van der Waals surface area contributed by atoms with Crippen molar-refractivity contribution in [3.63, 3.8) is 0 Å². The zero-order valence-electron chi connectivity index (χ0n) is 19.2. The van der Waals surface area contributed by atoms with E-state index in [1.807, 2.05) is 24.3 Å². The highest BCUT2D eigenvalue weighted by molar-refractivity contribution is 6.80. The van der Waals surface area contributed by atoms with Gasteiger partial charge in [-0.1, -0.05) is 117 Å². The maximum absolute atomic E-state index is 12.9. The number of benzene rings is 3.